The number of ether oxygens (including phenoxy) is 3. The zero-order chi connectivity index (χ0) is 16.6. The molecule has 0 aromatic rings. The Bertz CT molecular complexity index is 334. The van der Waals surface area contributed by atoms with Gasteiger partial charge in [0.2, 0.25) is 5.91 Å². The molecule has 0 unspecified atom stereocenters. The van der Waals surface area contributed by atoms with Crippen LogP contribution in [0.3, 0.4) is 0 Å². The van der Waals surface area contributed by atoms with Gasteiger partial charge in [0.05, 0.1) is 19.8 Å². The van der Waals surface area contributed by atoms with Crippen LogP contribution in [0.5, 0.6) is 0 Å². The predicted octanol–water partition coefficient (Wildman–Crippen LogP) is 3.68. The lowest BCUT2D eigenvalue weighted by Gasteiger charge is -2.06. The van der Waals surface area contributed by atoms with Gasteiger partial charge in [0.25, 0.3) is 0 Å². The summed E-state index contributed by atoms with van der Waals surface area (Å²) in [5.74, 6) is -0.359. The summed E-state index contributed by atoms with van der Waals surface area (Å²) in [5.41, 5.74) is 0. The molecule has 0 spiro atoms. The highest BCUT2D eigenvalue weighted by atomic mass is 16.5. The molecule has 0 bridgehead atoms. The number of Topliss-reactive ketones (excluding diaryl/α,β-unsaturated/α-hetero) is 2. The van der Waals surface area contributed by atoms with Crippen molar-refractivity contribution in [1.29, 1.82) is 0 Å². The first-order chi connectivity index (χ1) is 10.5. The Hall–Kier alpha value is -1.31. The average molecular weight is 398 g/mol. The van der Waals surface area contributed by atoms with Crippen LogP contribution in [0.25, 0.3) is 0 Å². The van der Waals surface area contributed by atoms with Gasteiger partial charge in [0, 0.05) is 13.2 Å². The van der Waals surface area contributed by atoms with Crippen LogP contribution in [0.2, 0.25) is 0 Å². The van der Waals surface area contributed by atoms with Crippen molar-refractivity contribution in [3.05, 3.63) is 0 Å². The first-order valence-electron chi connectivity index (χ1n) is 7.51. The van der Waals surface area contributed by atoms with Gasteiger partial charge in [-0.05, 0) is 33.1 Å². The maximum atomic E-state index is 11.2. The summed E-state index contributed by atoms with van der Waals surface area (Å²) in [6.07, 6.45) is 2.80. The van der Waals surface area contributed by atoms with E-state index in [0.29, 0.717) is 26.4 Å². The van der Waals surface area contributed by atoms with Gasteiger partial charge in [-0.15, -0.1) is 0 Å². The molecule has 0 aliphatic carbocycles. The van der Waals surface area contributed by atoms with Crippen molar-refractivity contribution < 1.29 is 28.6 Å². The zero-order valence-electron chi connectivity index (χ0n) is 13.5. The van der Waals surface area contributed by atoms with Crippen molar-refractivity contribution in [3.63, 3.8) is 0 Å². The molecule has 0 saturated heterocycles. The lowest BCUT2D eigenvalue weighted by Crippen LogP contribution is -2.31. The summed E-state index contributed by atoms with van der Waals surface area (Å²) in [6.45, 7) is 5.07. The highest BCUT2D eigenvalue weighted by molar-refractivity contribution is 5.84. The molecule has 7 nitrogen and oxygen atoms in total. The van der Waals surface area contributed by atoms with Crippen LogP contribution in [-0.4, -0.2) is 63.7 Å². The molecule has 0 aliphatic rings. The average Bonchev–Trinajstić information content (AvgIpc) is 2.45. The lowest BCUT2D eigenvalue weighted by molar-refractivity contribution is -0.128. The molecule has 0 atom stereocenters. The first kappa shape index (κ1) is 40.4. The molecule has 1 amide bonds. The number of ketones is 2. The number of carbonyl (C=O) groups excluding carboxylic acids is 3. The monoisotopic (exact) mass is 397 g/mol. The molecule has 0 aromatic carbocycles. The van der Waals surface area contributed by atoms with E-state index in [-0.39, 0.29) is 74.4 Å². The minimum atomic E-state index is -0.305. The van der Waals surface area contributed by atoms with E-state index in [4.69, 9.17) is 14.2 Å². The maximum Gasteiger partial charge on any atom is 0.246 e. The van der Waals surface area contributed by atoms with Gasteiger partial charge in [0.15, 0.2) is 5.78 Å². The van der Waals surface area contributed by atoms with Gasteiger partial charge >= 0.3 is 0 Å². The van der Waals surface area contributed by atoms with Crippen LogP contribution in [0, 0.1) is 0 Å². The second-order valence-corrected chi connectivity index (χ2v) is 4.96. The van der Waals surface area contributed by atoms with Crippen molar-refractivity contribution >= 4 is 17.5 Å². The standard InChI is InChI=1S/C15H27NO6.5CH4/c1-13(17)10-16-15(19)12-22-9-8-20-6-4-3-5-7-21-11-14(2)18;;;;;/h3-12H2,1-2H3,(H,16,19);5*1H4. The first-order valence-corrected chi connectivity index (χ1v) is 7.51. The number of amides is 1. The molecule has 0 aliphatic heterocycles. The molecule has 27 heavy (non-hydrogen) atoms. The maximum absolute atomic E-state index is 11.2. The summed E-state index contributed by atoms with van der Waals surface area (Å²) in [7, 11) is 0. The molecule has 0 rings (SSSR count). The van der Waals surface area contributed by atoms with Gasteiger partial charge in [0.1, 0.15) is 19.0 Å². The van der Waals surface area contributed by atoms with E-state index in [0.717, 1.165) is 19.3 Å². The smallest absolute Gasteiger partial charge is 0.246 e. The van der Waals surface area contributed by atoms with Crippen LogP contribution in [0.4, 0.5) is 0 Å². The number of rotatable bonds is 15. The van der Waals surface area contributed by atoms with Crippen LogP contribution in [-0.2, 0) is 28.6 Å². The van der Waals surface area contributed by atoms with Gasteiger partial charge < -0.3 is 19.5 Å². The predicted molar refractivity (Wildman–Crippen MR) is 114 cm³/mol. The summed E-state index contributed by atoms with van der Waals surface area (Å²) in [5, 5.41) is 2.44. The minimum Gasteiger partial charge on any atom is -0.379 e. The van der Waals surface area contributed by atoms with Crippen LogP contribution < -0.4 is 5.32 Å². The largest absolute Gasteiger partial charge is 0.379 e. The fraction of sp³-hybridized carbons (Fsp3) is 0.850. The van der Waals surface area contributed by atoms with Gasteiger partial charge in [-0.1, -0.05) is 37.1 Å². The summed E-state index contributed by atoms with van der Waals surface area (Å²) < 4.78 is 15.6. The van der Waals surface area contributed by atoms with E-state index in [1.807, 2.05) is 0 Å². The van der Waals surface area contributed by atoms with E-state index in [1.54, 1.807) is 0 Å². The SMILES string of the molecule is C.C.C.C.C.CC(=O)CNC(=O)COCCOCCCCCOCC(C)=O. The second kappa shape index (κ2) is 29.5. The third-order valence-electron chi connectivity index (χ3n) is 2.52. The molecule has 168 valence electrons. The number of hydrogen-bond donors (Lipinski definition) is 1. The minimum absolute atomic E-state index is 0. The molecular weight excluding hydrogens is 350 g/mol. The van der Waals surface area contributed by atoms with Crippen molar-refractivity contribution in [1.82, 2.24) is 5.32 Å². The quantitative estimate of drug-likeness (QED) is 0.424. The molecule has 0 fully saturated rings. The Morgan fingerprint density at radius 3 is 1.63 bits per heavy atom. The Morgan fingerprint density at radius 2 is 1.11 bits per heavy atom. The highest BCUT2D eigenvalue weighted by Gasteiger charge is 2.02. The van der Waals surface area contributed by atoms with E-state index in [9.17, 15) is 14.4 Å². The topological polar surface area (TPSA) is 90.9 Å². The Labute approximate surface area is 168 Å². The zero-order valence-corrected chi connectivity index (χ0v) is 13.5. The van der Waals surface area contributed by atoms with Gasteiger partial charge in [-0.25, -0.2) is 0 Å². The number of nitrogens with one attached hydrogen (secondary N) is 1. The van der Waals surface area contributed by atoms with E-state index in [2.05, 4.69) is 5.32 Å². The van der Waals surface area contributed by atoms with E-state index >= 15 is 0 Å². The fourth-order valence-electron chi connectivity index (χ4n) is 1.46. The third kappa shape index (κ3) is 36.4. The molecule has 0 aromatic heterocycles. The normalized spacial score (nSPS) is 8.52. The highest BCUT2D eigenvalue weighted by Crippen LogP contribution is 1.96. The number of hydrogen-bond acceptors (Lipinski definition) is 6. The van der Waals surface area contributed by atoms with Crippen molar-refractivity contribution in [3.8, 4) is 0 Å². The number of unbranched alkanes of at least 4 members (excludes halogenated alkanes) is 2. The van der Waals surface area contributed by atoms with E-state index < -0.39 is 0 Å². The van der Waals surface area contributed by atoms with Crippen LogP contribution in [0.1, 0.15) is 70.2 Å². The lowest BCUT2D eigenvalue weighted by atomic mass is 10.2. The van der Waals surface area contributed by atoms with Gasteiger partial charge in [-0.2, -0.15) is 0 Å². The molecule has 1 N–H and O–H groups in total. The summed E-state index contributed by atoms with van der Waals surface area (Å²) in [6, 6.07) is 0. The van der Waals surface area contributed by atoms with Gasteiger partial charge in [-0.3, -0.25) is 14.4 Å². The molecular formula is C20H47NO6. The number of carbonyl (C=O) groups is 3. The van der Waals surface area contributed by atoms with Crippen molar-refractivity contribution in [2.45, 2.75) is 70.2 Å². The van der Waals surface area contributed by atoms with E-state index in [1.165, 1.54) is 13.8 Å². The van der Waals surface area contributed by atoms with Crippen LogP contribution in [0.15, 0.2) is 0 Å². The van der Waals surface area contributed by atoms with Crippen molar-refractivity contribution in [2.75, 3.05) is 46.2 Å². The second-order valence-electron chi connectivity index (χ2n) is 4.96. The third-order valence-corrected chi connectivity index (χ3v) is 2.52. The molecule has 7 heteroatoms. The summed E-state index contributed by atoms with van der Waals surface area (Å²) >= 11 is 0. The van der Waals surface area contributed by atoms with Crippen molar-refractivity contribution in [2.24, 2.45) is 0 Å². The Morgan fingerprint density at radius 1 is 0.630 bits per heavy atom. The molecule has 0 heterocycles. The molecule has 0 saturated carbocycles. The summed E-state index contributed by atoms with van der Waals surface area (Å²) in [4.78, 5) is 32.4. The molecule has 0 radical (unpaired) electrons. The Kier molecular flexibility index (Phi) is 44.1. The fourth-order valence-corrected chi connectivity index (χ4v) is 1.46. The van der Waals surface area contributed by atoms with Crippen LogP contribution >= 0.6 is 0 Å². The Balaban J connectivity index is -0.000000220.